The first-order valence-electron chi connectivity index (χ1n) is 5.23. The summed E-state index contributed by atoms with van der Waals surface area (Å²) in [6.45, 7) is 6.32. The molecule has 1 fully saturated rings. The number of carbonyl (C=O) groups excluding carboxylic acids is 1. The zero-order valence-corrected chi connectivity index (χ0v) is 9.06. The minimum Gasteiger partial charge on any atom is -0.337 e. The Labute approximate surface area is 84.6 Å². The lowest BCUT2D eigenvalue weighted by molar-refractivity contribution is -0.135. The van der Waals surface area contributed by atoms with Crippen molar-refractivity contribution < 1.29 is 4.79 Å². The van der Waals surface area contributed by atoms with Gasteiger partial charge in [-0.05, 0) is 12.8 Å². The van der Waals surface area contributed by atoms with Gasteiger partial charge in [0.25, 0.3) is 0 Å². The van der Waals surface area contributed by atoms with Gasteiger partial charge in [-0.1, -0.05) is 25.9 Å². The fourth-order valence-electron chi connectivity index (χ4n) is 1.96. The summed E-state index contributed by atoms with van der Waals surface area (Å²) in [7, 11) is 0. The number of nitroso groups, excluding NO2 is 1. The van der Waals surface area contributed by atoms with E-state index in [0.717, 1.165) is 12.8 Å². The third kappa shape index (κ3) is 2.11. The summed E-state index contributed by atoms with van der Waals surface area (Å²) >= 11 is 0. The summed E-state index contributed by atoms with van der Waals surface area (Å²) in [5, 5.41) is 3.03. The second kappa shape index (κ2) is 4.53. The van der Waals surface area contributed by atoms with Crippen LogP contribution < -0.4 is 0 Å². The lowest BCUT2D eigenvalue weighted by Crippen LogP contribution is -2.38. The molecule has 0 N–H and O–H groups in total. The first-order valence-corrected chi connectivity index (χ1v) is 5.23. The summed E-state index contributed by atoms with van der Waals surface area (Å²) in [6, 6.07) is 0.0234. The predicted molar refractivity (Wildman–Crippen MR) is 54.8 cm³/mol. The molecule has 0 spiro atoms. The van der Waals surface area contributed by atoms with Crippen LogP contribution in [-0.2, 0) is 4.79 Å². The van der Waals surface area contributed by atoms with Gasteiger partial charge in [0, 0.05) is 18.5 Å². The van der Waals surface area contributed by atoms with Crippen LogP contribution in [0.25, 0.3) is 0 Å². The number of amides is 1. The highest BCUT2D eigenvalue weighted by Crippen LogP contribution is 2.24. The molecule has 0 aromatic carbocycles. The van der Waals surface area contributed by atoms with E-state index in [9.17, 15) is 9.70 Å². The lowest BCUT2D eigenvalue weighted by Gasteiger charge is -2.25. The maximum Gasteiger partial charge on any atom is 0.225 e. The van der Waals surface area contributed by atoms with Crippen LogP contribution in [0.2, 0.25) is 0 Å². The molecule has 4 nitrogen and oxygen atoms in total. The van der Waals surface area contributed by atoms with Crippen molar-refractivity contribution in [2.45, 2.75) is 45.7 Å². The minimum absolute atomic E-state index is 0.00875. The number of nitrogens with zero attached hydrogens (tertiary/aromatic N) is 2. The van der Waals surface area contributed by atoms with Crippen molar-refractivity contribution in [1.82, 2.24) is 4.90 Å². The van der Waals surface area contributed by atoms with E-state index < -0.39 is 0 Å². The third-order valence-electron chi connectivity index (χ3n) is 2.79. The van der Waals surface area contributed by atoms with Gasteiger partial charge in [0.2, 0.25) is 5.91 Å². The van der Waals surface area contributed by atoms with Crippen LogP contribution in [0.3, 0.4) is 0 Å². The highest BCUT2D eigenvalue weighted by atomic mass is 16.3. The van der Waals surface area contributed by atoms with Crippen molar-refractivity contribution in [2.75, 3.05) is 6.54 Å². The summed E-state index contributed by atoms with van der Waals surface area (Å²) < 4.78 is 0. The van der Waals surface area contributed by atoms with Gasteiger partial charge in [-0.25, -0.2) is 0 Å². The zero-order valence-electron chi connectivity index (χ0n) is 9.06. The van der Waals surface area contributed by atoms with Crippen molar-refractivity contribution in [3.8, 4) is 0 Å². The summed E-state index contributed by atoms with van der Waals surface area (Å²) in [5.41, 5.74) is 0. The first kappa shape index (κ1) is 11.1. The number of rotatable bonds is 3. The van der Waals surface area contributed by atoms with Gasteiger partial charge >= 0.3 is 0 Å². The topological polar surface area (TPSA) is 49.7 Å². The molecule has 14 heavy (non-hydrogen) atoms. The quantitative estimate of drug-likeness (QED) is 0.649. The Bertz CT molecular complexity index is 228. The molecule has 80 valence electrons. The van der Waals surface area contributed by atoms with Crippen molar-refractivity contribution >= 4 is 5.91 Å². The van der Waals surface area contributed by atoms with Crippen molar-refractivity contribution in [1.29, 1.82) is 0 Å². The molecule has 0 aliphatic carbocycles. The Hall–Kier alpha value is -0.930. The molecule has 1 amide bonds. The predicted octanol–water partition coefficient (Wildman–Crippen LogP) is 1.79. The first-order chi connectivity index (χ1) is 6.60. The number of carbonyl (C=O) groups is 1. The maximum atomic E-state index is 11.8. The minimum atomic E-state index is -0.192. The SMILES string of the molecule is CCC1CC(N=O)CN1C(=O)C(C)C. The van der Waals surface area contributed by atoms with E-state index >= 15 is 0 Å². The van der Waals surface area contributed by atoms with E-state index in [2.05, 4.69) is 5.18 Å². The Morgan fingerprint density at radius 2 is 2.21 bits per heavy atom. The molecule has 0 saturated carbocycles. The van der Waals surface area contributed by atoms with E-state index in [-0.39, 0.29) is 23.9 Å². The van der Waals surface area contributed by atoms with Gasteiger partial charge in [0.05, 0.1) is 0 Å². The van der Waals surface area contributed by atoms with Crippen LogP contribution in [0.4, 0.5) is 0 Å². The van der Waals surface area contributed by atoms with Gasteiger partial charge in [-0.15, -0.1) is 0 Å². The Morgan fingerprint density at radius 1 is 1.57 bits per heavy atom. The van der Waals surface area contributed by atoms with Gasteiger partial charge in [0.15, 0.2) is 0 Å². The summed E-state index contributed by atoms with van der Waals surface area (Å²) in [4.78, 5) is 24.0. The molecular formula is C10H18N2O2. The summed E-state index contributed by atoms with van der Waals surface area (Å²) in [6.07, 6.45) is 1.64. The largest absolute Gasteiger partial charge is 0.337 e. The van der Waals surface area contributed by atoms with Crippen LogP contribution in [0.5, 0.6) is 0 Å². The van der Waals surface area contributed by atoms with E-state index in [1.165, 1.54) is 0 Å². The van der Waals surface area contributed by atoms with E-state index in [0.29, 0.717) is 6.54 Å². The second-order valence-electron chi connectivity index (χ2n) is 4.20. The third-order valence-corrected chi connectivity index (χ3v) is 2.79. The Balaban J connectivity index is 2.67. The number of hydrogen-bond donors (Lipinski definition) is 0. The Morgan fingerprint density at radius 3 is 2.64 bits per heavy atom. The lowest BCUT2D eigenvalue weighted by atomic mass is 10.1. The summed E-state index contributed by atoms with van der Waals surface area (Å²) in [5.74, 6) is 0.150. The van der Waals surface area contributed by atoms with Crippen LogP contribution in [0.15, 0.2) is 5.18 Å². The standard InChI is InChI=1S/C10H18N2O2/c1-4-9-5-8(11-14)6-12(9)10(13)7(2)3/h7-9H,4-6H2,1-3H3. The molecule has 0 bridgehead atoms. The molecule has 0 aromatic rings. The molecule has 1 rings (SSSR count). The fraction of sp³-hybridized carbons (Fsp3) is 0.900. The van der Waals surface area contributed by atoms with Crippen LogP contribution in [0.1, 0.15) is 33.6 Å². The highest BCUT2D eigenvalue weighted by molar-refractivity contribution is 5.78. The van der Waals surface area contributed by atoms with Crippen LogP contribution >= 0.6 is 0 Å². The molecule has 0 radical (unpaired) electrons. The fourth-order valence-corrected chi connectivity index (χ4v) is 1.96. The average Bonchev–Trinajstić information content (AvgIpc) is 2.59. The van der Waals surface area contributed by atoms with Crippen molar-refractivity contribution in [3.05, 3.63) is 4.91 Å². The molecule has 1 heterocycles. The Kier molecular flexibility index (Phi) is 3.61. The molecular weight excluding hydrogens is 180 g/mol. The van der Waals surface area contributed by atoms with Gasteiger partial charge < -0.3 is 4.90 Å². The molecule has 2 atom stereocenters. The molecule has 1 aliphatic rings. The molecule has 4 heteroatoms. The van der Waals surface area contributed by atoms with Crippen LogP contribution in [0, 0.1) is 10.8 Å². The molecule has 0 aromatic heterocycles. The van der Waals surface area contributed by atoms with E-state index in [1.807, 2.05) is 25.7 Å². The van der Waals surface area contributed by atoms with Crippen LogP contribution in [-0.4, -0.2) is 29.4 Å². The molecule has 1 aliphatic heterocycles. The smallest absolute Gasteiger partial charge is 0.225 e. The van der Waals surface area contributed by atoms with Gasteiger partial charge in [-0.3, -0.25) is 4.79 Å². The normalized spacial score (nSPS) is 27.0. The van der Waals surface area contributed by atoms with E-state index in [4.69, 9.17) is 0 Å². The van der Waals surface area contributed by atoms with Crippen molar-refractivity contribution in [3.63, 3.8) is 0 Å². The number of hydrogen-bond acceptors (Lipinski definition) is 3. The molecule has 2 unspecified atom stereocenters. The average molecular weight is 198 g/mol. The molecule has 1 saturated heterocycles. The maximum absolute atomic E-state index is 11.8. The van der Waals surface area contributed by atoms with Crippen molar-refractivity contribution in [2.24, 2.45) is 11.1 Å². The van der Waals surface area contributed by atoms with Gasteiger partial charge in [0.1, 0.15) is 6.04 Å². The monoisotopic (exact) mass is 198 g/mol. The number of likely N-dealkylation sites (tertiary alicyclic amines) is 1. The highest BCUT2D eigenvalue weighted by Gasteiger charge is 2.35. The van der Waals surface area contributed by atoms with E-state index in [1.54, 1.807) is 0 Å². The van der Waals surface area contributed by atoms with Gasteiger partial charge in [-0.2, -0.15) is 4.91 Å². The zero-order chi connectivity index (χ0) is 10.7. The second-order valence-corrected chi connectivity index (χ2v) is 4.20.